The summed E-state index contributed by atoms with van der Waals surface area (Å²) in [5.41, 5.74) is 5.70. The summed E-state index contributed by atoms with van der Waals surface area (Å²) in [6.45, 7) is 10.2. The van der Waals surface area contributed by atoms with E-state index in [2.05, 4.69) is 29.7 Å². The molecule has 0 fully saturated rings. The van der Waals surface area contributed by atoms with Gasteiger partial charge in [-0.25, -0.2) is 15.2 Å². The first kappa shape index (κ1) is 14.9. The average Bonchev–Trinajstić information content (AvgIpc) is 2.63. The van der Waals surface area contributed by atoms with E-state index >= 15 is 0 Å². The molecule has 0 aliphatic rings. The monoisotopic (exact) mass is 271 g/mol. The van der Waals surface area contributed by atoms with Crippen LogP contribution in [0.15, 0.2) is 5.38 Å². The van der Waals surface area contributed by atoms with Crippen molar-refractivity contribution in [3.8, 4) is 0 Å². The van der Waals surface area contributed by atoms with Crippen molar-refractivity contribution in [2.75, 3.05) is 0 Å². The first-order chi connectivity index (χ1) is 8.28. The quantitative estimate of drug-likeness (QED) is 0.827. The van der Waals surface area contributed by atoms with E-state index in [4.69, 9.17) is 4.74 Å². The van der Waals surface area contributed by atoms with E-state index in [1.807, 2.05) is 26.2 Å². The highest BCUT2D eigenvalue weighted by atomic mass is 32.1. The number of hydrogen-bond acceptors (Lipinski definition) is 5. The Bertz CT molecular complexity index is 396. The first-order valence-corrected chi connectivity index (χ1v) is 6.82. The van der Waals surface area contributed by atoms with Crippen LogP contribution in [0.4, 0.5) is 4.79 Å². The molecule has 0 aliphatic heterocycles. The van der Waals surface area contributed by atoms with Crippen molar-refractivity contribution in [1.82, 2.24) is 15.8 Å². The molecule has 1 rings (SSSR count). The van der Waals surface area contributed by atoms with Crippen LogP contribution in [0.5, 0.6) is 0 Å². The third kappa shape index (κ3) is 5.46. The molecule has 0 aromatic carbocycles. The Hall–Kier alpha value is -1.14. The molecule has 0 aliphatic carbocycles. The molecule has 0 saturated heterocycles. The van der Waals surface area contributed by atoms with Gasteiger partial charge in [0, 0.05) is 11.3 Å². The van der Waals surface area contributed by atoms with E-state index in [1.165, 1.54) is 0 Å². The fourth-order valence-corrected chi connectivity index (χ4v) is 2.01. The molecule has 18 heavy (non-hydrogen) atoms. The predicted octanol–water partition coefficient (Wildman–Crippen LogP) is 2.80. The Morgan fingerprint density at radius 3 is 2.67 bits per heavy atom. The molecule has 0 radical (unpaired) electrons. The lowest BCUT2D eigenvalue weighted by Gasteiger charge is -2.19. The van der Waals surface area contributed by atoms with Crippen molar-refractivity contribution in [3.05, 3.63) is 16.1 Å². The van der Waals surface area contributed by atoms with Crippen molar-refractivity contribution in [2.45, 2.75) is 52.7 Å². The Morgan fingerprint density at radius 1 is 1.50 bits per heavy atom. The smallest absolute Gasteiger partial charge is 0.422 e. The minimum Gasteiger partial charge on any atom is -0.443 e. The van der Waals surface area contributed by atoms with Gasteiger partial charge in [-0.2, -0.15) is 0 Å². The third-order valence-corrected chi connectivity index (χ3v) is 3.12. The van der Waals surface area contributed by atoms with Crippen LogP contribution in [0.3, 0.4) is 0 Å². The Morgan fingerprint density at radius 2 is 2.17 bits per heavy atom. The zero-order chi connectivity index (χ0) is 13.8. The highest BCUT2D eigenvalue weighted by Gasteiger charge is 2.15. The summed E-state index contributed by atoms with van der Waals surface area (Å²) in [4.78, 5) is 15.8. The van der Waals surface area contributed by atoms with Crippen LogP contribution in [0.2, 0.25) is 0 Å². The lowest BCUT2D eigenvalue weighted by Crippen LogP contribution is -2.40. The number of ether oxygens (including phenoxy) is 1. The summed E-state index contributed by atoms with van der Waals surface area (Å²) in [6.07, 6.45) is -0.484. The van der Waals surface area contributed by atoms with Crippen LogP contribution in [-0.2, 0) is 11.3 Å². The number of hydrazine groups is 1. The normalized spacial score (nSPS) is 11.7. The van der Waals surface area contributed by atoms with Gasteiger partial charge in [0.15, 0.2) is 0 Å². The second-order valence-corrected chi connectivity index (χ2v) is 6.20. The van der Waals surface area contributed by atoms with Gasteiger partial charge in [-0.1, -0.05) is 13.8 Å². The van der Waals surface area contributed by atoms with Crippen molar-refractivity contribution < 1.29 is 9.53 Å². The topological polar surface area (TPSA) is 63.2 Å². The summed E-state index contributed by atoms with van der Waals surface area (Å²) in [6, 6.07) is 0. The van der Waals surface area contributed by atoms with Crippen molar-refractivity contribution in [1.29, 1.82) is 0 Å². The molecule has 1 aromatic heterocycles. The van der Waals surface area contributed by atoms with Gasteiger partial charge in [0.2, 0.25) is 0 Å². The molecule has 1 aromatic rings. The summed E-state index contributed by atoms with van der Waals surface area (Å²) in [5, 5.41) is 3.09. The molecule has 0 spiro atoms. The fourth-order valence-electron chi connectivity index (χ4n) is 1.18. The number of hydrogen-bond donors (Lipinski definition) is 2. The second-order valence-electron chi connectivity index (χ2n) is 5.31. The molecule has 6 heteroatoms. The number of rotatable bonds is 4. The van der Waals surface area contributed by atoms with Crippen molar-refractivity contribution >= 4 is 17.4 Å². The van der Waals surface area contributed by atoms with Crippen LogP contribution in [0.1, 0.15) is 51.2 Å². The highest BCUT2D eigenvalue weighted by Crippen LogP contribution is 2.18. The molecule has 0 saturated carbocycles. The third-order valence-electron chi connectivity index (χ3n) is 1.92. The molecule has 0 unspecified atom stereocenters. The van der Waals surface area contributed by atoms with Gasteiger partial charge in [0.25, 0.3) is 0 Å². The van der Waals surface area contributed by atoms with Gasteiger partial charge in [-0.3, -0.25) is 5.43 Å². The largest absolute Gasteiger partial charge is 0.443 e. The summed E-state index contributed by atoms with van der Waals surface area (Å²) >= 11 is 1.63. The molecule has 0 atom stereocenters. The standard InChI is InChI=1S/C12H21N3O2S/c1-8(2)10-14-9(7-18-10)6-13-15-11(16)17-12(3,4)5/h7-8,13H,6H2,1-5H3,(H,15,16). The van der Waals surface area contributed by atoms with Crippen LogP contribution >= 0.6 is 11.3 Å². The Balaban J connectivity index is 2.31. The highest BCUT2D eigenvalue weighted by molar-refractivity contribution is 7.09. The minimum absolute atomic E-state index is 0.433. The summed E-state index contributed by atoms with van der Waals surface area (Å²) in [5.74, 6) is 0.433. The van der Waals surface area contributed by atoms with Gasteiger partial charge >= 0.3 is 6.09 Å². The maximum atomic E-state index is 11.3. The molecule has 5 nitrogen and oxygen atoms in total. The van der Waals surface area contributed by atoms with Gasteiger partial charge < -0.3 is 4.74 Å². The molecule has 0 bridgehead atoms. The van der Waals surface area contributed by atoms with Crippen LogP contribution < -0.4 is 10.9 Å². The van der Waals surface area contributed by atoms with E-state index in [0.29, 0.717) is 12.5 Å². The molecular formula is C12H21N3O2S. The second kappa shape index (κ2) is 6.15. The summed E-state index contributed by atoms with van der Waals surface area (Å²) in [7, 11) is 0. The van der Waals surface area contributed by atoms with Crippen molar-refractivity contribution in [3.63, 3.8) is 0 Å². The predicted molar refractivity (Wildman–Crippen MR) is 72.4 cm³/mol. The van der Waals surface area contributed by atoms with Gasteiger partial charge in [-0.15, -0.1) is 11.3 Å². The average molecular weight is 271 g/mol. The molecule has 1 heterocycles. The Kier molecular flexibility index (Phi) is 5.10. The van der Waals surface area contributed by atoms with E-state index < -0.39 is 11.7 Å². The number of nitrogens with zero attached hydrogens (tertiary/aromatic N) is 1. The number of aromatic nitrogens is 1. The fraction of sp³-hybridized carbons (Fsp3) is 0.667. The number of thiazole rings is 1. The SMILES string of the molecule is CC(C)c1nc(CNNC(=O)OC(C)(C)C)cs1. The number of carbonyl (C=O) groups is 1. The lowest BCUT2D eigenvalue weighted by atomic mass is 10.2. The van der Waals surface area contributed by atoms with Gasteiger partial charge in [-0.05, 0) is 20.8 Å². The van der Waals surface area contributed by atoms with Crippen LogP contribution in [-0.4, -0.2) is 16.7 Å². The number of carbonyl (C=O) groups excluding carboxylic acids is 1. The first-order valence-electron chi connectivity index (χ1n) is 5.94. The zero-order valence-corrected chi connectivity index (χ0v) is 12.4. The minimum atomic E-state index is -0.489. The molecule has 2 N–H and O–H groups in total. The number of amides is 1. The van der Waals surface area contributed by atoms with Gasteiger partial charge in [0.1, 0.15) is 5.60 Å². The van der Waals surface area contributed by atoms with Crippen molar-refractivity contribution in [2.24, 2.45) is 0 Å². The lowest BCUT2D eigenvalue weighted by molar-refractivity contribution is 0.0497. The Labute approximate surface area is 112 Å². The summed E-state index contributed by atoms with van der Waals surface area (Å²) < 4.78 is 5.09. The molecule has 1 amide bonds. The van der Waals surface area contributed by atoms with Crippen LogP contribution in [0, 0.1) is 0 Å². The van der Waals surface area contributed by atoms with E-state index in [-0.39, 0.29) is 0 Å². The molecular weight excluding hydrogens is 250 g/mol. The van der Waals surface area contributed by atoms with E-state index in [1.54, 1.807) is 11.3 Å². The molecule has 102 valence electrons. The number of nitrogens with one attached hydrogen (secondary N) is 2. The van der Waals surface area contributed by atoms with E-state index in [9.17, 15) is 4.79 Å². The van der Waals surface area contributed by atoms with E-state index in [0.717, 1.165) is 10.7 Å². The van der Waals surface area contributed by atoms with Gasteiger partial charge in [0.05, 0.1) is 17.2 Å². The zero-order valence-electron chi connectivity index (χ0n) is 11.5. The maximum absolute atomic E-state index is 11.3. The maximum Gasteiger partial charge on any atom is 0.422 e. The van der Waals surface area contributed by atoms with Crippen LogP contribution in [0.25, 0.3) is 0 Å².